The molecule has 6 fully saturated rings. The molecule has 0 N–H and O–H groups in total. The summed E-state index contributed by atoms with van der Waals surface area (Å²) in [4.78, 5) is 0. The Morgan fingerprint density at radius 3 is 1.83 bits per heavy atom. The van der Waals surface area contributed by atoms with Gasteiger partial charge in [0.2, 0.25) is 20.8 Å². The van der Waals surface area contributed by atoms with Crippen molar-refractivity contribution in [2.45, 2.75) is 124 Å². The Hall–Kier alpha value is -0.300. The molecule has 0 aromatic heterocycles. The first-order valence-corrected chi connectivity index (χ1v) is 18.2. The maximum absolute atomic E-state index is 12.1. The van der Waals surface area contributed by atoms with Crippen LogP contribution in [0.15, 0.2) is 0 Å². The fourth-order valence-electron chi connectivity index (χ4n) is 12.5. The van der Waals surface area contributed by atoms with Crippen molar-refractivity contribution in [2.24, 2.45) is 56.7 Å². The largest absolute Gasteiger partial charge is 0.726 e. The standard InChI is InChI=1S/C30H50O9S2/c1-25(2)20-11-15-28(5)21(26(20,3)14-12-22(25)38-40(31,32)33)9-8-18-24-19(30(7)17-37-30)10-13-27(24,4)23(16-29(18,28)6)39-41(34,35)36/h18-24H,8-17H2,1-7H3,(H,31,32,33)(H,34,35,36)/p-2/t18-,19-,20+,21-,22+,23+,24+,26+,27-,28-,29-,30-/m1/s1. The van der Waals surface area contributed by atoms with Crippen LogP contribution in [0.3, 0.4) is 0 Å². The zero-order valence-corrected chi connectivity index (χ0v) is 27.2. The highest BCUT2D eigenvalue weighted by molar-refractivity contribution is 7.81. The SMILES string of the molecule is CC1(C)[C@@H](OS(=O)(=O)[O-])CC[C@]2(C)[C@H]3CC[C@@H]4[C@H]5[C@H]([C@@]6(C)CO6)CC[C@]5(C)[C@@H](OS(=O)(=O)[O-])C[C@@]4(C)[C@]3(C)CC[C@@H]12. The lowest BCUT2D eigenvalue weighted by Gasteiger charge is -2.73. The molecule has 0 aromatic carbocycles. The Labute approximate surface area is 246 Å². The lowest BCUT2D eigenvalue weighted by molar-refractivity contribution is -0.259. The van der Waals surface area contributed by atoms with Crippen LogP contribution in [0.25, 0.3) is 0 Å². The van der Waals surface area contributed by atoms with Crippen molar-refractivity contribution in [2.75, 3.05) is 6.61 Å². The molecular weight excluding hydrogens is 568 g/mol. The summed E-state index contributed by atoms with van der Waals surface area (Å²) in [6.07, 6.45) is 6.12. The van der Waals surface area contributed by atoms with Gasteiger partial charge in [0.25, 0.3) is 0 Å². The van der Waals surface area contributed by atoms with E-state index in [-0.39, 0.29) is 33.7 Å². The minimum Gasteiger partial charge on any atom is -0.726 e. The van der Waals surface area contributed by atoms with Gasteiger partial charge < -0.3 is 13.8 Å². The molecule has 9 nitrogen and oxygen atoms in total. The summed E-state index contributed by atoms with van der Waals surface area (Å²) < 4.78 is 87.7. The zero-order valence-electron chi connectivity index (χ0n) is 25.6. The van der Waals surface area contributed by atoms with Gasteiger partial charge in [0.15, 0.2) is 0 Å². The van der Waals surface area contributed by atoms with E-state index < -0.39 is 43.8 Å². The molecule has 5 aliphatic carbocycles. The fourth-order valence-corrected chi connectivity index (χ4v) is 13.7. The monoisotopic (exact) mass is 616 g/mol. The van der Waals surface area contributed by atoms with Crippen LogP contribution >= 0.6 is 0 Å². The van der Waals surface area contributed by atoms with Gasteiger partial charge in [0.05, 0.1) is 24.4 Å². The van der Waals surface area contributed by atoms with Gasteiger partial charge in [-0.15, -0.1) is 0 Å². The highest BCUT2D eigenvalue weighted by Crippen LogP contribution is 2.78. The molecule has 1 aliphatic heterocycles. The van der Waals surface area contributed by atoms with Crippen LogP contribution in [-0.4, -0.2) is 50.4 Å². The maximum atomic E-state index is 12.1. The Balaban J connectivity index is 1.40. The minimum atomic E-state index is -4.89. The molecule has 0 amide bonds. The summed E-state index contributed by atoms with van der Waals surface area (Å²) in [7, 11) is -9.70. The van der Waals surface area contributed by atoms with Gasteiger partial charge in [0, 0.05) is 0 Å². The first-order chi connectivity index (χ1) is 18.6. The number of hydrogen-bond acceptors (Lipinski definition) is 9. The summed E-state index contributed by atoms with van der Waals surface area (Å²) in [5, 5.41) is 0. The summed E-state index contributed by atoms with van der Waals surface area (Å²) in [5.74, 6) is 1.35. The predicted octanol–water partition coefficient (Wildman–Crippen LogP) is 5.18. The van der Waals surface area contributed by atoms with Crippen LogP contribution in [0, 0.1) is 56.7 Å². The lowest BCUT2D eigenvalue weighted by Crippen LogP contribution is -2.68. The van der Waals surface area contributed by atoms with E-state index in [9.17, 15) is 25.9 Å². The maximum Gasteiger partial charge on any atom is 0.217 e. The molecule has 0 bridgehead atoms. The molecule has 1 heterocycles. The average molecular weight is 617 g/mol. The zero-order chi connectivity index (χ0) is 30.2. The molecule has 41 heavy (non-hydrogen) atoms. The van der Waals surface area contributed by atoms with E-state index in [2.05, 4.69) is 48.5 Å². The van der Waals surface area contributed by atoms with Gasteiger partial charge in [0.1, 0.15) is 0 Å². The third-order valence-electron chi connectivity index (χ3n) is 14.7. The van der Waals surface area contributed by atoms with Crippen molar-refractivity contribution in [3.8, 4) is 0 Å². The van der Waals surface area contributed by atoms with Crippen molar-refractivity contribution in [3.63, 3.8) is 0 Å². The summed E-state index contributed by atoms with van der Waals surface area (Å²) in [6.45, 7) is 16.2. The topological polar surface area (TPSA) is 145 Å². The van der Waals surface area contributed by atoms with E-state index in [1.54, 1.807) is 0 Å². The fraction of sp³-hybridized carbons (Fsp3) is 1.00. The number of hydrogen-bond donors (Lipinski definition) is 0. The predicted molar refractivity (Wildman–Crippen MR) is 149 cm³/mol. The van der Waals surface area contributed by atoms with Gasteiger partial charge in [-0.2, -0.15) is 0 Å². The van der Waals surface area contributed by atoms with Gasteiger partial charge >= 0.3 is 0 Å². The number of rotatable bonds is 5. The smallest absolute Gasteiger partial charge is 0.217 e. The normalized spacial score (nSPS) is 54.4. The van der Waals surface area contributed by atoms with E-state index in [0.717, 1.165) is 51.6 Å². The lowest BCUT2D eigenvalue weighted by atomic mass is 9.32. The van der Waals surface area contributed by atoms with Crippen molar-refractivity contribution in [1.29, 1.82) is 0 Å². The minimum absolute atomic E-state index is 0.0979. The van der Waals surface area contributed by atoms with Gasteiger partial charge in [-0.25, -0.2) is 16.8 Å². The molecule has 6 rings (SSSR count). The Kier molecular flexibility index (Phi) is 6.67. The third-order valence-corrected chi connectivity index (χ3v) is 15.6. The summed E-state index contributed by atoms with van der Waals surface area (Å²) in [5.41, 5.74) is -1.60. The molecule has 236 valence electrons. The molecule has 5 saturated carbocycles. The second-order valence-electron chi connectivity index (χ2n) is 16.5. The van der Waals surface area contributed by atoms with Crippen molar-refractivity contribution < 1.29 is 39.0 Å². The van der Waals surface area contributed by atoms with E-state index >= 15 is 0 Å². The second kappa shape index (κ2) is 8.91. The number of epoxide rings is 1. The highest BCUT2D eigenvalue weighted by Gasteiger charge is 2.74. The van der Waals surface area contributed by atoms with Crippen LogP contribution in [0.5, 0.6) is 0 Å². The number of ether oxygens (including phenoxy) is 1. The molecule has 1 saturated heterocycles. The molecule has 0 aromatic rings. The van der Waals surface area contributed by atoms with Crippen LogP contribution < -0.4 is 0 Å². The Morgan fingerprint density at radius 1 is 0.659 bits per heavy atom. The molecule has 0 unspecified atom stereocenters. The summed E-state index contributed by atoms with van der Waals surface area (Å²) in [6, 6.07) is 0. The van der Waals surface area contributed by atoms with Crippen LogP contribution in [0.1, 0.15) is 106 Å². The molecule has 12 atom stereocenters. The second-order valence-corrected chi connectivity index (χ2v) is 18.5. The van der Waals surface area contributed by atoms with Gasteiger partial charge in [-0.05, 0) is 121 Å². The van der Waals surface area contributed by atoms with Gasteiger partial charge in [-0.1, -0.05) is 41.5 Å². The van der Waals surface area contributed by atoms with E-state index in [4.69, 9.17) is 13.1 Å². The molecule has 6 aliphatic rings. The molecular formula is C30H48O9S2-2. The number of fused-ring (bicyclic) bond motifs is 7. The van der Waals surface area contributed by atoms with Crippen LogP contribution in [-0.2, 0) is 33.9 Å². The highest BCUT2D eigenvalue weighted by atomic mass is 32.3. The first-order valence-electron chi connectivity index (χ1n) is 15.5. The molecule has 0 spiro atoms. The quantitative estimate of drug-likeness (QED) is 0.232. The van der Waals surface area contributed by atoms with Crippen LogP contribution in [0.2, 0.25) is 0 Å². The Bertz CT molecular complexity index is 1310. The van der Waals surface area contributed by atoms with Crippen LogP contribution in [0.4, 0.5) is 0 Å². The average Bonchev–Trinajstić information content (AvgIpc) is 3.44. The van der Waals surface area contributed by atoms with Gasteiger partial charge in [-0.3, -0.25) is 8.37 Å². The summed E-state index contributed by atoms with van der Waals surface area (Å²) >= 11 is 0. The van der Waals surface area contributed by atoms with Crippen molar-refractivity contribution in [1.82, 2.24) is 0 Å². The first kappa shape index (κ1) is 30.7. The van der Waals surface area contributed by atoms with E-state index in [0.29, 0.717) is 30.6 Å². The van der Waals surface area contributed by atoms with E-state index in [1.165, 1.54) is 0 Å². The van der Waals surface area contributed by atoms with Crippen molar-refractivity contribution in [3.05, 3.63) is 0 Å². The molecule has 11 heteroatoms. The van der Waals surface area contributed by atoms with E-state index in [1.807, 2.05) is 0 Å². The third kappa shape index (κ3) is 4.36. The molecule has 0 radical (unpaired) electrons. The van der Waals surface area contributed by atoms with Crippen molar-refractivity contribution >= 4 is 20.8 Å². The Morgan fingerprint density at radius 2 is 1.24 bits per heavy atom.